The largest absolute Gasteiger partial charge is 0.348 e. The zero-order valence-corrected chi connectivity index (χ0v) is 18.2. The SMILES string of the molecule is C=CCNC(=O)c1cnc(Nc2ccc(F)cc2)nc1Nc1cncc(N=S(C)(C)=O)n1.[HH]. The minimum absolute atomic E-state index is 0. The van der Waals surface area contributed by atoms with Gasteiger partial charge in [-0.25, -0.2) is 18.6 Å². The predicted octanol–water partition coefficient (Wildman–Crippen LogP) is 3.41. The number of anilines is 4. The van der Waals surface area contributed by atoms with Gasteiger partial charge in [0, 0.05) is 42.1 Å². The van der Waals surface area contributed by atoms with E-state index in [2.05, 4.69) is 46.8 Å². The number of carbonyl (C=O) groups excluding carboxylic acids is 1. The summed E-state index contributed by atoms with van der Waals surface area (Å²) in [4.78, 5) is 29.3. The van der Waals surface area contributed by atoms with Gasteiger partial charge in [0.25, 0.3) is 5.91 Å². The molecule has 0 saturated carbocycles. The Hall–Kier alpha value is -3.93. The third kappa shape index (κ3) is 6.54. The molecule has 0 bridgehead atoms. The molecule has 3 aromatic rings. The summed E-state index contributed by atoms with van der Waals surface area (Å²) in [6.07, 6.45) is 8.62. The molecule has 3 N–H and O–H groups in total. The van der Waals surface area contributed by atoms with Crippen LogP contribution in [0, 0.1) is 5.82 Å². The Labute approximate surface area is 186 Å². The monoisotopic (exact) mass is 458 g/mol. The topological polar surface area (TPSA) is 134 Å². The summed E-state index contributed by atoms with van der Waals surface area (Å²) in [5, 5.41) is 8.53. The lowest BCUT2D eigenvalue weighted by atomic mass is 10.2. The van der Waals surface area contributed by atoms with E-state index >= 15 is 0 Å². The molecule has 0 fully saturated rings. The first-order valence-corrected chi connectivity index (χ1v) is 11.6. The number of nitrogens with zero attached hydrogens (tertiary/aromatic N) is 5. The molecule has 2 heterocycles. The summed E-state index contributed by atoms with van der Waals surface area (Å²) < 4.78 is 29.1. The number of benzene rings is 1. The number of hydrogen-bond acceptors (Lipinski definition) is 9. The first-order valence-electron chi connectivity index (χ1n) is 9.28. The van der Waals surface area contributed by atoms with Gasteiger partial charge in [-0.15, -0.1) is 6.58 Å². The molecule has 12 heteroatoms. The Morgan fingerprint density at radius 3 is 2.62 bits per heavy atom. The zero-order chi connectivity index (χ0) is 23.1. The van der Waals surface area contributed by atoms with E-state index in [9.17, 15) is 13.4 Å². The van der Waals surface area contributed by atoms with Gasteiger partial charge in [0.15, 0.2) is 11.6 Å². The average molecular weight is 459 g/mol. The summed E-state index contributed by atoms with van der Waals surface area (Å²) in [5.41, 5.74) is 0.706. The number of halogens is 1. The molecule has 1 aromatic carbocycles. The van der Waals surface area contributed by atoms with Crippen molar-refractivity contribution in [2.45, 2.75) is 0 Å². The van der Waals surface area contributed by atoms with Crippen molar-refractivity contribution in [2.24, 2.45) is 4.36 Å². The fraction of sp³-hybridized carbons (Fsp3) is 0.150. The van der Waals surface area contributed by atoms with Crippen LogP contribution in [0.3, 0.4) is 0 Å². The summed E-state index contributed by atoms with van der Waals surface area (Å²) in [6, 6.07) is 5.64. The number of rotatable bonds is 8. The van der Waals surface area contributed by atoms with Crippen LogP contribution >= 0.6 is 0 Å². The summed E-state index contributed by atoms with van der Waals surface area (Å²) >= 11 is 0. The molecule has 168 valence electrons. The second kappa shape index (κ2) is 9.92. The summed E-state index contributed by atoms with van der Waals surface area (Å²) in [6.45, 7) is 3.83. The van der Waals surface area contributed by atoms with Gasteiger partial charge in [-0.1, -0.05) is 6.08 Å². The molecule has 0 unspecified atom stereocenters. The van der Waals surface area contributed by atoms with Crippen LogP contribution in [0.5, 0.6) is 0 Å². The van der Waals surface area contributed by atoms with Crippen LogP contribution in [-0.2, 0) is 9.73 Å². The van der Waals surface area contributed by atoms with Gasteiger partial charge in [-0.3, -0.25) is 9.78 Å². The van der Waals surface area contributed by atoms with Gasteiger partial charge >= 0.3 is 0 Å². The van der Waals surface area contributed by atoms with Gasteiger partial charge in [-0.2, -0.15) is 9.35 Å². The lowest BCUT2D eigenvalue weighted by Gasteiger charge is -2.12. The van der Waals surface area contributed by atoms with E-state index in [1.54, 1.807) is 6.08 Å². The quantitative estimate of drug-likeness (QED) is 0.437. The van der Waals surface area contributed by atoms with Gasteiger partial charge in [0.05, 0.1) is 12.4 Å². The lowest BCUT2D eigenvalue weighted by molar-refractivity contribution is 0.0958. The van der Waals surface area contributed by atoms with E-state index < -0.39 is 15.6 Å². The molecule has 0 aliphatic heterocycles. The van der Waals surface area contributed by atoms with Crippen LogP contribution in [-0.4, -0.2) is 49.1 Å². The maximum atomic E-state index is 13.2. The first kappa shape index (κ1) is 22.7. The molecule has 2 aromatic heterocycles. The molecule has 0 aliphatic carbocycles. The molecule has 0 radical (unpaired) electrons. The highest BCUT2D eigenvalue weighted by Crippen LogP contribution is 2.22. The van der Waals surface area contributed by atoms with Crippen molar-refractivity contribution in [3.63, 3.8) is 0 Å². The molecule has 3 rings (SSSR count). The summed E-state index contributed by atoms with van der Waals surface area (Å²) in [7, 11) is -2.43. The first-order chi connectivity index (χ1) is 15.2. The second-order valence-corrected chi connectivity index (χ2v) is 9.29. The maximum Gasteiger partial charge on any atom is 0.256 e. The molecule has 0 spiro atoms. The van der Waals surface area contributed by atoms with Gasteiger partial charge in [-0.05, 0) is 24.3 Å². The highest BCUT2D eigenvalue weighted by molar-refractivity contribution is 7.92. The minimum atomic E-state index is -2.43. The number of nitrogens with one attached hydrogen (secondary N) is 3. The van der Waals surface area contributed by atoms with Crippen LogP contribution in [0.15, 0.2) is 59.9 Å². The molecule has 0 aliphatic rings. The normalized spacial score (nSPS) is 10.8. The Morgan fingerprint density at radius 1 is 1.19 bits per heavy atom. The van der Waals surface area contributed by atoms with Gasteiger partial charge in [0.2, 0.25) is 5.95 Å². The number of amides is 1. The number of hydrogen-bond donors (Lipinski definition) is 3. The van der Waals surface area contributed by atoms with E-state index in [0.717, 1.165) is 0 Å². The zero-order valence-electron chi connectivity index (χ0n) is 17.4. The van der Waals surface area contributed by atoms with Crippen LogP contribution in [0.25, 0.3) is 0 Å². The average Bonchev–Trinajstić information content (AvgIpc) is 2.73. The standard InChI is InChI=1S/C20H21FN8O2S.H2/c1-4-9-23-19(30)15-10-24-20(25-14-7-5-13(21)6-8-14)28-18(15)27-16-11-22-12-17(26-16)29-32(2,3)31;/h4-8,10-12H,1,9H2,2-3H3,(H,23,30)(H2,24,25,26,27,28);1H. The molecule has 0 saturated heterocycles. The molecule has 1 amide bonds. The minimum Gasteiger partial charge on any atom is -0.348 e. The number of aromatic nitrogens is 4. The molecule has 10 nitrogen and oxygen atoms in total. The molecular weight excluding hydrogens is 435 g/mol. The Balaban J connectivity index is 0.00000385. The molecule has 0 atom stereocenters. The van der Waals surface area contributed by atoms with Gasteiger partial charge in [0.1, 0.15) is 17.2 Å². The van der Waals surface area contributed by atoms with Crippen LogP contribution in [0.2, 0.25) is 0 Å². The van der Waals surface area contributed by atoms with Crippen molar-refractivity contribution in [1.82, 2.24) is 25.3 Å². The van der Waals surface area contributed by atoms with Crippen molar-refractivity contribution in [1.29, 1.82) is 0 Å². The number of carbonyl (C=O) groups is 1. The highest BCUT2D eigenvalue weighted by atomic mass is 32.2. The maximum absolute atomic E-state index is 13.2. The Bertz CT molecular complexity index is 1260. The van der Waals surface area contributed by atoms with Crippen LogP contribution < -0.4 is 16.0 Å². The third-order valence-electron chi connectivity index (χ3n) is 3.72. The van der Waals surface area contributed by atoms with E-state index in [0.29, 0.717) is 5.69 Å². The van der Waals surface area contributed by atoms with Crippen LogP contribution in [0.4, 0.5) is 33.5 Å². The Kier molecular flexibility index (Phi) is 7.05. The van der Waals surface area contributed by atoms with Crippen molar-refractivity contribution >= 4 is 44.7 Å². The second-order valence-electron chi connectivity index (χ2n) is 6.75. The van der Waals surface area contributed by atoms with E-state index in [-0.39, 0.29) is 42.8 Å². The van der Waals surface area contributed by atoms with Crippen molar-refractivity contribution in [3.8, 4) is 0 Å². The van der Waals surface area contributed by atoms with E-state index in [1.807, 2.05) is 0 Å². The van der Waals surface area contributed by atoms with E-state index in [1.165, 1.54) is 55.4 Å². The fourth-order valence-corrected chi connectivity index (χ4v) is 2.97. The van der Waals surface area contributed by atoms with Crippen molar-refractivity contribution < 1.29 is 14.8 Å². The van der Waals surface area contributed by atoms with Crippen LogP contribution in [0.1, 0.15) is 11.8 Å². The predicted molar refractivity (Wildman–Crippen MR) is 124 cm³/mol. The fourth-order valence-electron chi connectivity index (χ4n) is 2.43. The van der Waals surface area contributed by atoms with Crippen molar-refractivity contribution in [2.75, 3.05) is 29.7 Å². The van der Waals surface area contributed by atoms with E-state index in [4.69, 9.17) is 0 Å². The third-order valence-corrected chi connectivity index (χ3v) is 4.35. The molecule has 32 heavy (non-hydrogen) atoms. The summed E-state index contributed by atoms with van der Waals surface area (Å²) in [5.74, 6) is -0.0927. The van der Waals surface area contributed by atoms with Gasteiger partial charge < -0.3 is 16.0 Å². The molecular formula is C20H23FN8O2S. The smallest absolute Gasteiger partial charge is 0.256 e. The Morgan fingerprint density at radius 2 is 1.94 bits per heavy atom. The highest BCUT2D eigenvalue weighted by Gasteiger charge is 2.16. The van der Waals surface area contributed by atoms with Crippen molar-refractivity contribution in [3.05, 3.63) is 66.9 Å². The lowest BCUT2D eigenvalue weighted by Crippen LogP contribution is -2.25.